The molecule has 0 aliphatic carbocycles. The fraction of sp³-hybridized carbons (Fsp3) is 0.417. The number of benzene rings is 1. The van der Waals surface area contributed by atoms with Crippen molar-refractivity contribution in [1.82, 2.24) is 5.32 Å². The first-order chi connectivity index (χ1) is 7.76. The molecule has 0 saturated carbocycles. The molecule has 1 aromatic rings. The highest BCUT2D eigenvalue weighted by Crippen LogP contribution is 2.09. The van der Waals surface area contributed by atoms with E-state index in [1.165, 1.54) is 5.56 Å². The van der Waals surface area contributed by atoms with E-state index in [-0.39, 0.29) is 0 Å². The Hall–Kier alpha value is -1.08. The molecule has 0 aliphatic rings. The monoisotopic (exact) mass is 241 g/mol. The molecule has 1 N–H and O–H groups in total. The Morgan fingerprint density at radius 2 is 2.00 bits per heavy atom. The van der Waals surface area contributed by atoms with Crippen molar-refractivity contribution in [3.63, 3.8) is 0 Å². The van der Waals surface area contributed by atoms with Crippen molar-refractivity contribution in [3.8, 4) is 0 Å². The maximum atomic E-state index is 10.8. The number of hydrogen-bond acceptors (Lipinski definition) is 2. The molecule has 0 fully saturated rings. The summed E-state index contributed by atoms with van der Waals surface area (Å²) < 4.78 is 4.92. The molecule has 1 rings (SSSR count). The van der Waals surface area contributed by atoms with Crippen LogP contribution in [-0.4, -0.2) is 13.1 Å². The summed E-state index contributed by atoms with van der Waals surface area (Å²) in [7, 11) is 4.20. The first-order valence-electron chi connectivity index (χ1n) is 5.38. The van der Waals surface area contributed by atoms with Gasteiger partial charge in [-0.3, -0.25) is 0 Å². The van der Waals surface area contributed by atoms with E-state index < -0.39 is 6.09 Å². The minimum Gasteiger partial charge on any atom is -0.445 e. The number of amides is 1. The Bertz CT molecular complexity index is 316. The van der Waals surface area contributed by atoms with Gasteiger partial charge in [-0.05, 0) is 17.3 Å². The second-order valence-electron chi connectivity index (χ2n) is 2.85. The van der Waals surface area contributed by atoms with Crippen LogP contribution in [0, 0.1) is 0 Å². The van der Waals surface area contributed by atoms with Gasteiger partial charge in [-0.1, -0.05) is 38.1 Å². The third-order valence-corrected chi connectivity index (χ3v) is 2.27. The van der Waals surface area contributed by atoms with Gasteiger partial charge in [0.05, 0.1) is 0 Å². The van der Waals surface area contributed by atoms with Gasteiger partial charge in [0, 0.05) is 7.05 Å². The molecule has 4 heteroatoms. The predicted molar refractivity (Wildman–Crippen MR) is 70.4 cm³/mol. The average Bonchev–Trinajstić information content (AvgIpc) is 2.38. The van der Waals surface area contributed by atoms with Crippen LogP contribution in [0.25, 0.3) is 0 Å². The van der Waals surface area contributed by atoms with Gasteiger partial charge in [0.2, 0.25) is 0 Å². The van der Waals surface area contributed by atoms with Crippen LogP contribution in [0.5, 0.6) is 0 Å². The van der Waals surface area contributed by atoms with Crippen LogP contribution in [0.4, 0.5) is 4.79 Å². The maximum Gasteiger partial charge on any atom is 0.407 e. The first-order valence-corrected chi connectivity index (χ1v) is 6.20. The van der Waals surface area contributed by atoms with Crippen molar-refractivity contribution in [2.75, 3.05) is 7.05 Å². The van der Waals surface area contributed by atoms with Crippen LogP contribution in [0.1, 0.15) is 25.0 Å². The van der Waals surface area contributed by atoms with Gasteiger partial charge in [-0.25, -0.2) is 4.79 Å². The summed E-state index contributed by atoms with van der Waals surface area (Å²) in [6.07, 6.45) is 0.509. The third-order valence-electron chi connectivity index (χ3n) is 1.80. The number of carbonyl (C=O) groups is 1. The summed E-state index contributed by atoms with van der Waals surface area (Å²) >= 11 is 0. The van der Waals surface area contributed by atoms with Gasteiger partial charge >= 0.3 is 6.09 Å². The fourth-order valence-electron chi connectivity index (χ4n) is 1.07. The number of nitrogens with one attached hydrogen (secondary N) is 1. The van der Waals surface area contributed by atoms with Crippen molar-refractivity contribution in [3.05, 3.63) is 35.4 Å². The topological polar surface area (TPSA) is 38.3 Å². The van der Waals surface area contributed by atoms with Gasteiger partial charge in [-0.15, -0.1) is 9.24 Å². The SMILES string of the molecule is CC.CNC(=O)OCc1cccc(CP)c1. The fourth-order valence-corrected chi connectivity index (χ4v) is 1.32. The summed E-state index contributed by atoms with van der Waals surface area (Å²) in [5.74, 6) is 0. The summed E-state index contributed by atoms with van der Waals surface area (Å²) in [6.45, 7) is 4.32. The van der Waals surface area contributed by atoms with E-state index in [0.717, 1.165) is 11.7 Å². The van der Waals surface area contributed by atoms with Crippen LogP contribution >= 0.6 is 9.24 Å². The molecular formula is C12H20NO2P. The van der Waals surface area contributed by atoms with Crippen LogP contribution in [0.15, 0.2) is 24.3 Å². The summed E-state index contributed by atoms with van der Waals surface area (Å²) in [6, 6.07) is 7.96. The molecule has 16 heavy (non-hydrogen) atoms. The molecule has 1 amide bonds. The van der Waals surface area contributed by atoms with E-state index in [4.69, 9.17) is 4.74 Å². The van der Waals surface area contributed by atoms with Crippen LogP contribution in [-0.2, 0) is 17.5 Å². The number of hydrogen-bond donors (Lipinski definition) is 1. The van der Waals surface area contributed by atoms with E-state index in [1.807, 2.05) is 38.1 Å². The molecule has 0 heterocycles. The largest absolute Gasteiger partial charge is 0.445 e. The highest BCUT2D eigenvalue weighted by Gasteiger charge is 1.99. The highest BCUT2D eigenvalue weighted by molar-refractivity contribution is 7.15. The van der Waals surface area contributed by atoms with Crippen LogP contribution in [0.2, 0.25) is 0 Å². The van der Waals surface area contributed by atoms with Gasteiger partial charge < -0.3 is 10.1 Å². The van der Waals surface area contributed by atoms with Crippen molar-refractivity contribution in [2.24, 2.45) is 0 Å². The molecule has 0 spiro atoms. The van der Waals surface area contributed by atoms with Gasteiger partial charge in [0.25, 0.3) is 0 Å². The molecule has 0 bridgehead atoms. The molecular weight excluding hydrogens is 221 g/mol. The van der Waals surface area contributed by atoms with Gasteiger partial charge in [-0.2, -0.15) is 0 Å². The Morgan fingerprint density at radius 3 is 2.56 bits per heavy atom. The smallest absolute Gasteiger partial charge is 0.407 e. The summed E-state index contributed by atoms with van der Waals surface area (Å²) in [5.41, 5.74) is 2.22. The lowest BCUT2D eigenvalue weighted by atomic mass is 10.1. The zero-order valence-corrected chi connectivity index (χ0v) is 11.3. The Balaban J connectivity index is 0.00000106. The third kappa shape index (κ3) is 5.72. The van der Waals surface area contributed by atoms with E-state index in [9.17, 15) is 4.79 Å². The lowest BCUT2D eigenvalue weighted by Gasteiger charge is -2.05. The summed E-state index contributed by atoms with van der Waals surface area (Å²) in [4.78, 5) is 10.8. The Kier molecular flexibility index (Phi) is 8.55. The van der Waals surface area contributed by atoms with E-state index in [2.05, 4.69) is 14.6 Å². The van der Waals surface area contributed by atoms with Crippen molar-refractivity contribution < 1.29 is 9.53 Å². The maximum absolute atomic E-state index is 10.8. The van der Waals surface area contributed by atoms with Crippen molar-refractivity contribution in [1.29, 1.82) is 0 Å². The minimum absolute atomic E-state index is 0.318. The van der Waals surface area contributed by atoms with Crippen LogP contribution < -0.4 is 5.32 Å². The van der Waals surface area contributed by atoms with E-state index in [0.29, 0.717) is 6.61 Å². The lowest BCUT2D eigenvalue weighted by Crippen LogP contribution is -2.18. The number of carbonyl (C=O) groups excluding carboxylic acids is 1. The average molecular weight is 241 g/mol. The Labute approximate surface area is 99.8 Å². The second-order valence-corrected chi connectivity index (χ2v) is 3.26. The second kappa shape index (κ2) is 9.17. The quantitative estimate of drug-likeness (QED) is 0.826. The van der Waals surface area contributed by atoms with Crippen molar-refractivity contribution >= 4 is 15.3 Å². The van der Waals surface area contributed by atoms with Gasteiger partial charge in [0.15, 0.2) is 0 Å². The molecule has 1 unspecified atom stereocenters. The predicted octanol–water partition coefficient (Wildman–Crippen LogP) is 2.94. The number of ether oxygens (including phenoxy) is 1. The molecule has 0 radical (unpaired) electrons. The molecule has 1 atom stereocenters. The number of rotatable bonds is 3. The molecule has 90 valence electrons. The zero-order chi connectivity index (χ0) is 12.4. The standard InChI is InChI=1S/C10H14NO2P.C2H6/c1-11-10(12)13-6-8-3-2-4-9(5-8)7-14;1-2/h2-5H,6-7,14H2,1H3,(H,11,12);1-2H3. The normalized spacial score (nSPS) is 8.75. The van der Waals surface area contributed by atoms with E-state index >= 15 is 0 Å². The van der Waals surface area contributed by atoms with Gasteiger partial charge in [0.1, 0.15) is 6.61 Å². The van der Waals surface area contributed by atoms with E-state index in [1.54, 1.807) is 7.05 Å². The minimum atomic E-state index is -0.402. The number of alkyl carbamates (subject to hydrolysis) is 1. The van der Waals surface area contributed by atoms with Crippen molar-refractivity contribution in [2.45, 2.75) is 26.6 Å². The molecule has 1 aromatic carbocycles. The molecule has 0 aliphatic heterocycles. The zero-order valence-electron chi connectivity index (χ0n) is 10.1. The lowest BCUT2D eigenvalue weighted by molar-refractivity contribution is 0.142. The summed E-state index contributed by atoms with van der Waals surface area (Å²) in [5, 5.41) is 2.40. The highest BCUT2D eigenvalue weighted by atomic mass is 31.0. The molecule has 0 saturated heterocycles. The molecule has 3 nitrogen and oxygen atoms in total. The first kappa shape index (κ1) is 14.9. The molecule has 0 aromatic heterocycles. The van der Waals surface area contributed by atoms with Crippen LogP contribution in [0.3, 0.4) is 0 Å². The Morgan fingerprint density at radius 1 is 1.38 bits per heavy atom.